The number of hydrogen-bond donors (Lipinski definition) is 2. The van der Waals surface area contributed by atoms with E-state index in [9.17, 15) is 19.5 Å². The second kappa shape index (κ2) is 9.68. The molecule has 4 rings (SSSR count). The van der Waals surface area contributed by atoms with Crippen LogP contribution in [-0.2, 0) is 9.59 Å². The number of amides is 4. The van der Waals surface area contributed by atoms with Crippen LogP contribution in [0.3, 0.4) is 0 Å². The van der Waals surface area contributed by atoms with Gasteiger partial charge in [0.15, 0.2) is 0 Å². The largest absolute Gasteiger partial charge is 0.391 e. The zero-order valence-electron chi connectivity index (χ0n) is 18.7. The lowest BCUT2D eigenvalue weighted by molar-refractivity contribution is -0.140. The van der Waals surface area contributed by atoms with Gasteiger partial charge in [-0.15, -0.1) is 0 Å². The third kappa shape index (κ3) is 5.23. The Labute approximate surface area is 203 Å². The van der Waals surface area contributed by atoms with Crippen molar-refractivity contribution in [2.24, 2.45) is 5.41 Å². The normalized spacial score (nSPS) is 24.2. The van der Waals surface area contributed by atoms with E-state index in [1.807, 2.05) is 0 Å². The Morgan fingerprint density at radius 2 is 1.91 bits per heavy atom. The average Bonchev–Trinajstić information content (AvgIpc) is 3.56. The van der Waals surface area contributed by atoms with Gasteiger partial charge in [0.25, 0.3) is 0 Å². The molecule has 10 heteroatoms. The lowest BCUT2D eigenvalue weighted by Crippen LogP contribution is -2.58. The number of piperazine rings is 1. The number of rotatable bonds is 5. The van der Waals surface area contributed by atoms with Crippen molar-refractivity contribution in [1.29, 1.82) is 0 Å². The summed E-state index contributed by atoms with van der Waals surface area (Å²) in [6.45, 7) is 4.11. The first-order valence-corrected chi connectivity index (χ1v) is 12.2. The van der Waals surface area contributed by atoms with Gasteiger partial charge in [-0.2, -0.15) is 0 Å². The molecule has 0 aromatic heterocycles. The fourth-order valence-electron chi connectivity index (χ4n) is 4.77. The zero-order chi connectivity index (χ0) is 23.8. The number of hydrogen-bond acceptors (Lipinski definition) is 4. The Morgan fingerprint density at radius 1 is 1.15 bits per heavy atom. The van der Waals surface area contributed by atoms with Crippen LogP contribution in [-0.4, -0.2) is 82.5 Å². The molecule has 2 aliphatic heterocycles. The summed E-state index contributed by atoms with van der Waals surface area (Å²) in [5.74, 6) is -0.105. The molecule has 33 heavy (non-hydrogen) atoms. The molecule has 2 atom stereocenters. The highest BCUT2D eigenvalue weighted by Gasteiger charge is 2.51. The number of aliphatic hydroxyl groups is 1. The summed E-state index contributed by atoms with van der Waals surface area (Å²) in [5.41, 5.74) is 0.580. The first-order valence-electron chi connectivity index (χ1n) is 11.5. The molecule has 1 saturated carbocycles. The molecule has 0 bridgehead atoms. The Bertz CT molecular complexity index is 939. The van der Waals surface area contributed by atoms with Gasteiger partial charge in [0.05, 0.1) is 16.1 Å². The van der Waals surface area contributed by atoms with Crippen LogP contribution in [0.25, 0.3) is 0 Å². The number of aliphatic hydroxyl groups excluding tert-OH is 1. The second-order valence-corrected chi connectivity index (χ2v) is 10.1. The second-order valence-electron chi connectivity index (χ2n) is 9.33. The molecule has 3 aliphatic rings. The minimum absolute atomic E-state index is 0.0321. The number of benzene rings is 1. The summed E-state index contributed by atoms with van der Waals surface area (Å²) in [7, 11) is 0. The van der Waals surface area contributed by atoms with Crippen molar-refractivity contribution in [3.63, 3.8) is 0 Å². The Hall–Kier alpha value is -2.03. The van der Waals surface area contributed by atoms with Gasteiger partial charge in [-0.3, -0.25) is 9.59 Å². The molecule has 2 unspecified atom stereocenters. The highest BCUT2D eigenvalue weighted by molar-refractivity contribution is 6.42. The third-order valence-corrected chi connectivity index (χ3v) is 7.96. The van der Waals surface area contributed by atoms with Crippen LogP contribution in [0.2, 0.25) is 10.0 Å². The van der Waals surface area contributed by atoms with Crippen LogP contribution in [0.15, 0.2) is 18.2 Å². The van der Waals surface area contributed by atoms with Crippen LogP contribution in [0.5, 0.6) is 0 Å². The number of likely N-dealkylation sites (tertiary alicyclic amines) is 1. The van der Waals surface area contributed by atoms with Gasteiger partial charge in [-0.25, -0.2) is 4.79 Å². The predicted octanol–water partition coefficient (Wildman–Crippen LogP) is 3.21. The summed E-state index contributed by atoms with van der Waals surface area (Å²) < 4.78 is 0. The van der Waals surface area contributed by atoms with Crippen molar-refractivity contribution in [1.82, 2.24) is 14.7 Å². The van der Waals surface area contributed by atoms with Gasteiger partial charge in [-0.1, -0.05) is 23.2 Å². The summed E-state index contributed by atoms with van der Waals surface area (Å²) in [5, 5.41) is 13.8. The zero-order valence-corrected chi connectivity index (χ0v) is 20.2. The van der Waals surface area contributed by atoms with Gasteiger partial charge in [0, 0.05) is 44.8 Å². The van der Waals surface area contributed by atoms with Crippen molar-refractivity contribution >= 4 is 46.7 Å². The van der Waals surface area contributed by atoms with Gasteiger partial charge in [-0.05, 0) is 56.2 Å². The highest BCUT2D eigenvalue weighted by Crippen LogP contribution is 2.53. The number of nitrogens with zero attached hydrogens (tertiary/aromatic N) is 3. The molecule has 1 spiro atoms. The van der Waals surface area contributed by atoms with Gasteiger partial charge in [0.2, 0.25) is 11.8 Å². The van der Waals surface area contributed by atoms with E-state index in [1.165, 1.54) is 4.90 Å². The van der Waals surface area contributed by atoms with E-state index < -0.39 is 12.1 Å². The van der Waals surface area contributed by atoms with E-state index in [0.29, 0.717) is 61.3 Å². The Balaban J connectivity index is 1.22. The third-order valence-electron chi connectivity index (χ3n) is 7.22. The summed E-state index contributed by atoms with van der Waals surface area (Å²) in [4.78, 5) is 43.0. The summed E-state index contributed by atoms with van der Waals surface area (Å²) in [6, 6.07) is 3.83. The van der Waals surface area contributed by atoms with E-state index in [-0.39, 0.29) is 23.3 Å². The lowest BCUT2D eigenvalue weighted by atomic mass is 9.90. The SMILES string of the molecule is CC1C(=O)N(CCCC(=O)N2CCC3(CC3)C(O)C2)CCN1C(=O)Nc1ccc(Cl)c(Cl)c1. The molecule has 1 aromatic rings. The molecule has 180 valence electrons. The van der Waals surface area contributed by atoms with Gasteiger partial charge >= 0.3 is 6.03 Å². The van der Waals surface area contributed by atoms with E-state index in [2.05, 4.69) is 5.32 Å². The van der Waals surface area contributed by atoms with Gasteiger partial charge < -0.3 is 25.1 Å². The molecular weight excluding hydrogens is 467 g/mol. The van der Waals surface area contributed by atoms with Crippen molar-refractivity contribution < 1.29 is 19.5 Å². The minimum atomic E-state index is -0.607. The number of carbonyl (C=O) groups is 3. The van der Waals surface area contributed by atoms with Crippen molar-refractivity contribution in [2.45, 2.75) is 51.2 Å². The molecular formula is C23H30Cl2N4O4. The molecule has 2 saturated heterocycles. The fraction of sp³-hybridized carbons (Fsp3) is 0.609. The minimum Gasteiger partial charge on any atom is -0.391 e. The van der Waals surface area contributed by atoms with Crippen LogP contribution in [0.4, 0.5) is 10.5 Å². The maximum Gasteiger partial charge on any atom is 0.322 e. The van der Waals surface area contributed by atoms with Gasteiger partial charge in [0.1, 0.15) is 6.04 Å². The summed E-state index contributed by atoms with van der Waals surface area (Å²) >= 11 is 11.9. The Kier molecular flexibility index (Phi) is 7.07. The topological polar surface area (TPSA) is 93.2 Å². The van der Waals surface area contributed by atoms with E-state index in [1.54, 1.807) is 34.9 Å². The van der Waals surface area contributed by atoms with Crippen LogP contribution >= 0.6 is 23.2 Å². The Morgan fingerprint density at radius 3 is 2.58 bits per heavy atom. The fourth-order valence-corrected chi connectivity index (χ4v) is 5.06. The first kappa shape index (κ1) is 24.1. The van der Waals surface area contributed by atoms with Crippen molar-refractivity contribution in [2.75, 3.05) is 38.0 Å². The van der Waals surface area contributed by atoms with Crippen molar-refractivity contribution in [3.8, 4) is 0 Å². The van der Waals surface area contributed by atoms with E-state index in [4.69, 9.17) is 23.2 Å². The molecule has 8 nitrogen and oxygen atoms in total. The van der Waals surface area contributed by atoms with E-state index in [0.717, 1.165) is 19.3 Å². The molecule has 1 aliphatic carbocycles. The molecule has 0 radical (unpaired) electrons. The number of β-amino-alcohol motifs (C(OH)–C–C–N with tert-alkyl or cyclic N) is 1. The molecule has 2 N–H and O–H groups in total. The van der Waals surface area contributed by atoms with E-state index >= 15 is 0 Å². The maximum atomic E-state index is 12.8. The number of piperidine rings is 1. The molecule has 1 aromatic carbocycles. The molecule has 3 fully saturated rings. The first-order chi connectivity index (χ1) is 15.7. The predicted molar refractivity (Wildman–Crippen MR) is 126 cm³/mol. The number of carbonyl (C=O) groups excluding carboxylic acids is 3. The smallest absolute Gasteiger partial charge is 0.322 e. The number of urea groups is 1. The molecule has 2 heterocycles. The molecule has 4 amide bonds. The number of halogens is 2. The summed E-state index contributed by atoms with van der Waals surface area (Å²) in [6.07, 6.45) is 3.49. The van der Waals surface area contributed by atoms with Crippen molar-refractivity contribution in [3.05, 3.63) is 28.2 Å². The number of anilines is 1. The highest BCUT2D eigenvalue weighted by atomic mass is 35.5. The van der Waals surface area contributed by atoms with Crippen LogP contribution in [0, 0.1) is 5.41 Å². The standard InChI is InChI=1S/C23H30Cl2N4O4/c1-15-21(32)27(9-2-3-20(31)28-10-8-23(6-7-23)19(30)14-28)11-12-29(15)22(33)26-16-4-5-17(24)18(25)13-16/h4-5,13,15,19,30H,2-3,6-12,14H2,1H3,(H,26,33). The van der Waals surface area contributed by atoms with Crippen LogP contribution < -0.4 is 5.32 Å². The number of nitrogens with one attached hydrogen (secondary N) is 1. The quantitative estimate of drug-likeness (QED) is 0.654. The van der Waals surface area contributed by atoms with Crippen LogP contribution in [0.1, 0.15) is 39.0 Å². The maximum absolute atomic E-state index is 12.8. The monoisotopic (exact) mass is 496 g/mol. The lowest BCUT2D eigenvalue weighted by Gasteiger charge is -2.39. The average molecular weight is 497 g/mol.